The highest BCUT2D eigenvalue weighted by atomic mass is 32.2. The van der Waals surface area contributed by atoms with Crippen molar-refractivity contribution in [1.82, 2.24) is 4.90 Å². The molecule has 0 spiro atoms. The molecule has 3 aromatic carbocycles. The van der Waals surface area contributed by atoms with E-state index in [1.54, 1.807) is 0 Å². The van der Waals surface area contributed by atoms with Crippen LogP contribution in [-0.2, 0) is 20.7 Å². The molecule has 0 saturated carbocycles. The second-order valence-electron chi connectivity index (χ2n) is 8.39. The van der Waals surface area contributed by atoms with Gasteiger partial charge in [-0.3, -0.25) is 14.7 Å². The largest absolute Gasteiger partial charge is 0.510 e. The fourth-order valence-electron chi connectivity index (χ4n) is 4.27. The third kappa shape index (κ3) is 4.59. The highest BCUT2D eigenvalue weighted by molar-refractivity contribution is 8.14. The molecule has 1 N–H and O–H groups in total. The molecule has 176 valence electrons. The lowest BCUT2D eigenvalue weighted by molar-refractivity contribution is -0.153. The summed E-state index contributed by atoms with van der Waals surface area (Å²) in [4.78, 5) is 32.3. The molecular formula is C28H24N2O4S. The molecule has 0 aromatic heterocycles. The van der Waals surface area contributed by atoms with E-state index in [9.17, 15) is 14.7 Å². The molecule has 6 nitrogen and oxygen atoms in total. The number of likely N-dealkylation sites (tertiary alicyclic amines) is 1. The van der Waals surface area contributed by atoms with Crippen molar-refractivity contribution in [3.05, 3.63) is 119 Å². The van der Waals surface area contributed by atoms with Crippen molar-refractivity contribution in [2.24, 2.45) is 4.99 Å². The van der Waals surface area contributed by atoms with Crippen molar-refractivity contribution in [1.29, 1.82) is 0 Å². The van der Waals surface area contributed by atoms with Crippen LogP contribution < -0.4 is 0 Å². The number of β-lactam (4-membered cyclic amide) rings is 1. The van der Waals surface area contributed by atoms with Crippen LogP contribution in [0.1, 0.15) is 29.7 Å². The van der Waals surface area contributed by atoms with E-state index in [0.717, 1.165) is 21.7 Å². The lowest BCUT2D eigenvalue weighted by atomic mass is 10.0. The van der Waals surface area contributed by atoms with Crippen LogP contribution in [0.3, 0.4) is 0 Å². The number of thioether (sulfide) groups is 1. The Morgan fingerprint density at radius 2 is 1.51 bits per heavy atom. The van der Waals surface area contributed by atoms with Crippen molar-refractivity contribution in [3.63, 3.8) is 0 Å². The number of hydrogen-bond donors (Lipinski definition) is 1. The van der Waals surface area contributed by atoms with Gasteiger partial charge in [0.1, 0.15) is 11.1 Å². The summed E-state index contributed by atoms with van der Waals surface area (Å²) in [5.74, 6) is -1.34. The zero-order chi connectivity index (χ0) is 24.4. The van der Waals surface area contributed by atoms with Crippen LogP contribution in [0.15, 0.2) is 107 Å². The molecule has 0 radical (unpaired) electrons. The third-order valence-electron chi connectivity index (χ3n) is 5.96. The fraction of sp³-hybridized carbons (Fsp3) is 0.179. The number of amides is 1. The first kappa shape index (κ1) is 22.9. The Hall–Kier alpha value is -3.84. The Balaban J connectivity index is 1.36. The van der Waals surface area contributed by atoms with Crippen LogP contribution in [-0.4, -0.2) is 38.3 Å². The highest BCUT2D eigenvalue weighted by Crippen LogP contribution is 2.43. The van der Waals surface area contributed by atoms with Gasteiger partial charge in [0.15, 0.2) is 17.8 Å². The number of carbonyl (C=O) groups excluding carboxylic acids is 2. The quantitative estimate of drug-likeness (QED) is 0.220. The average molecular weight is 485 g/mol. The Morgan fingerprint density at radius 3 is 2.06 bits per heavy atom. The number of carbonyl (C=O) groups is 2. The second kappa shape index (κ2) is 9.80. The zero-order valence-corrected chi connectivity index (χ0v) is 19.9. The summed E-state index contributed by atoms with van der Waals surface area (Å²) in [6.07, 6.45) is -0.0711. The summed E-state index contributed by atoms with van der Waals surface area (Å²) in [6.45, 7) is 1.39. The Morgan fingerprint density at radius 1 is 0.971 bits per heavy atom. The molecule has 5 rings (SSSR count). The van der Waals surface area contributed by atoms with E-state index in [1.807, 2.05) is 91.0 Å². The van der Waals surface area contributed by atoms with Gasteiger partial charge in [-0.25, -0.2) is 4.79 Å². The van der Waals surface area contributed by atoms with Gasteiger partial charge in [-0.2, -0.15) is 0 Å². The molecular weight excluding hydrogens is 460 g/mol. The van der Waals surface area contributed by atoms with E-state index in [1.165, 1.54) is 23.6 Å². The first-order valence-corrected chi connectivity index (χ1v) is 12.2. The fourth-order valence-corrected chi connectivity index (χ4v) is 5.60. The molecule has 2 unspecified atom stereocenters. The van der Waals surface area contributed by atoms with Crippen molar-refractivity contribution in [3.8, 4) is 0 Å². The maximum absolute atomic E-state index is 13.4. The van der Waals surface area contributed by atoms with Gasteiger partial charge >= 0.3 is 5.97 Å². The number of hydrogen-bond acceptors (Lipinski definition) is 6. The number of aliphatic hydroxyl groups is 1. The van der Waals surface area contributed by atoms with Gasteiger partial charge in [-0.1, -0.05) is 103 Å². The molecule has 0 bridgehead atoms. The van der Waals surface area contributed by atoms with Crippen LogP contribution in [0.2, 0.25) is 0 Å². The number of nitrogens with zero attached hydrogens (tertiary/aromatic N) is 2. The maximum atomic E-state index is 13.4. The summed E-state index contributed by atoms with van der Waals surface area (Å²) in [5.41, 5.74) is 2.54. The molecule has 1 saturated heterocycles. The van der Waals surface area contributed by atoms with E-state index >= 15 is 0 Å². The standard InChI is InChI=1S/C28H24N2O4S/c1-18(31)24(28(33)34-25(20-13-7-3-8-14-20)21-15-9-4-10-16-21)30-26(32)23-27(30)35-22(29-23)17-19-11-5-2-6-12-19/h2-16,23,25,27,31H,17H2,1H3. The molecule has 0 aliphatic carbocycles. The topological polar surface area (TPSA) is 79.2 Å². The molecule has 2 heterocycles. The summed E-state index contributed by atoms with van der Waals surface area (Å²) < 4.78 is 5.92. The van der Waals surface area contributed by atoms with Crippen molar-refractivity contribution in [2.45, 2.75) is 30.9 Å². The Labute approximate surface area is 208 Å². The Kier molecular flexibility index (Phi) is 6.42. The number of aliphatic hydroxyl groups excluding tert-OH is 1. The number of allylic oxidation sites excluding steroid dienone is 1. The first-order valence-electron chi connectivity index (χ1n) is 11.3. The van der Waals surface area contributed by atoms with Gasteiger partial charge < -0.3 is 9.84 Å². The SMILES string of the molecule is CC(O)=C(C(=O)OC(c1ccccc1)c1ccccc1)N1C(=O)C2N=C(Cc3ccccc3)SC21. The zero-order valence-electron chi connectivity index (χ0n) is 19.1. The third-order valence-corrected chi connectivity index (χ3v) is 7.19. The molecule has 35 heavy (non-hydrogen) atoms. The van der Waals surface area contributed by atoms with Crippen LogP contribution >= 0.6 is 11.8 Å². The second-order valence-corrected chi connectivity index (χ2v) is 9.58. The van der Waals surface area contributed by atoms with Crippen LogP contribution in [0.25, 0.3) is 0 Å². The summed E-state index contributed by atoms with van der Waals surface area (Å²) >= 11 is 1.44. The minimum absolute atomic E-state index is 0.142. The number of benzene rings is 3. The van der Waals surface area contributed by atoms with Gasteiger partial charge in [0.2, 0.25) is 0 Å². The molecule has 2 aliphatic heterocycles. The van der Waals surface area contributed by atoms with Crippen molar-refractivity contribution >= 4 is 28.7 Å². The normalized spacial score (nSPS) is 19.5. The predicted octanol–water partition coefficient (Wildman–Crippen LogP) is 5.03. The number of esters is 1. The van der Waals surface area contributed by atoms with E-state index < -0.39 is 18.1 Å². The number of rotatable bonds is 7. The summed E-state index contributed by atoms with van der Waals surface area (Å²) in [5, 5.41) is 10.9. The molecule has 3 aromatic rings. The smallest absolute Gasteiger partial charge is 0.359 e. The van der Waals surface area contributed by atoms with Gasteiger partial charge in [-0.15, -0.1) is 0 Å². The van der Waals surface area contributed by atoms with Crippen LogP contribution in [0.5, 0.6) is 0 Å². The van der Waals surface area contributed by atoms with Crippen molar-refractivity contribution in [2.75, 3.05) is 0 Å². The molecule has 1 fully saturated rings. The van der Waals surface area contributed by atoms with Crippen LogP contribution in [0.4, 0.5) is 0 Å². The average Bonchev–Trinajstić information content (AvgIpc) is 3.25. The maximum Gasteiger partial charge on any atom is 0.359 e. The Bertz CT molecular complexity index is 1250. The lowest BCUT2D eigenvalue weighted by Crippen LogP contribution is -2.61. The summed E-state index contributed by atoms with van der Waals surface area (Å²) in [6, 6.07) is 28.1. The lowest BCUT2D eigenvalue weighted by Gasteiger charge is -2.41. The van der Waals surface area contributed by atoms with E-state index in [0.29, 0.717) is 6.42 Å². The number of aliphatic imine (C=N–C) groups is 1. The monoisotopic (exact) mass is 484 g/mol. The van der Waals surface area contributed by atoms with Crippen molar-refractivity contribution < 1.29 is 19.4 Å². The van der Waals surface area contributed by atoms with Gasteiger partial charge in [0, 0.05) is 6.42 Å². The summed E-state index contributed by atoms with van der Waals surface area (Å²) in [7, 11) is 0. The van der Waals surface area contributed by atoms with Gasteiger partial charge in [-0.05, 0) is 23.6 Å². The molecule has 2 atom stereocenters. The van der Waals surface area contributed by atoms with Gasteiger partial charge in [0.25, 0.3) is 5.91 Å². The van der Waals surface area contributed by atoms with Crippen LogP contribution in [0, 0.1) is 0 Å². The first-order chi connectivity index (χ1) is 17.0. The number of ether oxygens (including phenoxy) is 1. The highest BCUT2D eigenvalue weighted by Gasteiger charge is 2.55. The van der Waals surface area contributed by atoms with E-state index in [2.05, 4.69) is 4.99 Å². The minimum Gasteiger partial charge on any atom is -0.510 e. The minimum atomic E-state index is -0.758. The number of fused-ring (bicyclic) bond motifs is 1. The van der Waals surface area contributed by atoms with Gasteiger partial charge in [0.05, 0.1) is 5.04 Å². The van der Waals surface area contributed by atoms with E-state index in [4.69, 9.17) is 4.74 Å². The molecule has 2 aliphatic rings. The molecule has 1 amide bonds. The molecule has 7 heteroatoms. The predicted molar refractivity (Wildman–Crippen MR) is 136 cm³/mol. The van der Waals surface area contributed by atoms with E-state index in [-0.39, 0.29) is 22.7 Å².